The van der Waals surface area contributed by atoms with Crippen molar-refractivity contribution in [3.05, 3.63) is 75.8 Å². The number of aryl methyl sites for hydroxylation is 2. The fourth-order valence-corrected chi connectivity index (χ4v) is 2.95. The Bertz CT molecular complexity index is 623. The van der Waals surface area contributed by atoms with Gasteiger partial charge in [-0.1, -0.05) is 48.0 Å². The van der Waals surface area contributed by atoms with E-state index in [4.69, 9.17) is 11.6 Å². The zero-order valence-electron chi connectivity index (χ0n) is 10.4. The van der Waals surface area contributed by atoms with Crippen LogP contribution in [0.2, 0.25) is 5.02 Å². The summed E-state index contributed by atoms with van der Waals surface area (Å²) in [6.07, 6.45) is 4.35. The van der Waals surface area contributed by atoms with Gasteiger partial charge in [0.2, 0.25) is 0 Å². The zero-order chi connectivity index (χ0) is 12.5. The molecule has 0 atom stereocenters. The number of allylic oxidation sites excluding steroid dienone is 1. The molecule has 1 aliphatic rings. The lowest BCUT2D eigenvalue weighted by Crippen LogP contribution is -1.91. The van der Waals surface area contributed by atoms with Gasteiger partial charge in [0, 0.05) is 5.02 Å². The van der Waals surface area contributed by atoms with E-state index in [0.29, 0.717) is 0 Å². The molecule has 0 saturated carbocycles. The average Bonchev–Trinajstić information content (AvgIpc) is 2.55. The molecular formula is C17H15Cl. The van der Waals surface area contributed by atoms with Gasteiger partial charge in [0.25, 0.3) is 0 Å². The molecule has 0 heterocycles. The van der Waals surface area contributed by atoms with Crippen molar-refractivity contribution in [2.24, 2.45) is 0 Å². The Labute approximate surface area is 113 Å². The van der Waals surface area contributed by atoms with Crippen molar-refractivity contribution in [1.29, 1.82) is 0 Å². The van der Waals surface area contributed by atoms with Gasteiger partial charge in [-0.15, -0.1) is 0 Å². The maximum absolute atomic E-state index is 6.11. The van der Waals surface area contributed by atoms with Crippen LogP contribution in [0.1, 0.15) is 29.2 Å². The minimum Gasteiger partial charge on any atom is -0.0843 e. The minimum atomic E-state index is 0.829. The molecule has 0 radical (unpaired) electrons. The van der Waals surface area contributed by atoms with Crippen LogP contribution in [0.25, 0.3) is 5.57 Å². The molecular weight excluding hydrogens is 240 g/mol. The van der Waals surface area contributed by atoms with Gasteiger partial charge in [0.15, 0.2) is 0 Å². The van der Waals surface area contributed by atoms with E-state index in [9.17, 15) is 0 Å². The van der Waals surface area contributed by atoms with Gasteiger partial charge in [-0.05, 0) is 59.7 Å². The van der Waals surface area contributed by atoms with Crippen molar-refractivity contribution in [2.45, 2.75) is 19.8 Å². The Morgan fingerprint density at radius 3 is 2.50 bits per heavy atom. The molecule has 0 spiro atoms. The smallest absolute Gasteiger partial charge is 0.0409 e. The highest BCUT2D eigenvalue weighted by atomic mass is 35.5. The van der Waals surface area contributed by atoms with Crippen LogP contribution in [-0.4, -0.2) is 0 Å². The molecule has 2 aromatic carbocycles. The molecule has 0 aliphatic heterocycles. The Hall–Kier alpha value is -1.53. The maximum Gasteiger partial charge on any atom is 0.0409 e. The fraction of sp³-hybridized carbons (Fsp3) is 0.176. The summed E-state index contributed by atoms with van der Waals surface area (Å²) in [4.78, 5) is 0. The number of halogens is 1. The summed E-state index contributed by atoms with van der Waals surface area (Å²) in [5.74, 6) is 0. The summed E-state index contributed by atoms with van der Waals surface area (Å²) < 4.78 is 0. The number of benzene rings is 2. The molecule has 0 bridgehead atoms. The molecule has 0 aromatic heterocycles. The first-order valence-electron chi connectivity index (χ1n) is 6.33. The Morgan fingerprint density at radius 1 is 0.944 bits per heavy atom. The second kappa shape index (κ2) is 4.62. The van der Waals surface area contributed by atoms with E-state index in [1.54, 1.807) is 0 Å². The normalized spacial score (nSPS) is 16.0. The molecule has 0 unspecified atom stereocenters. The third-order valence-electron chi connectivity index (χ3n) is 3.62. The van der Waals surface area contributed by atoms with Crippen molar-refractivity contribution in [3.63, 3.8) is 0 Å². The summed E-state index contributed by atoms with van der Waals surface area (Å²) in [5, 5.41) is 0.829. The number of rotatable bonds is 0. The van der Waals surface area contributed by atoms with Crippen molar-refractivity contribution in [1.82, 2.24) is 0 Å². The predicted octanol–water partition coefficient (Wildman–Crippen LogP) is 4.89. The molecule has 0 saturated heterocycles. The molecule has 0 amide bonds. The van der Waals surface area contributed by atoms with Crippen LogP contribution >= 0.6 is 11.6 Å². The van der Waals surface area contributed by atoms with Crippen LogP contribution in [0.4, 0.5) is 0 Å². The van der Waals surface area contributed by atoms with Gasteiger partial charge in [-0.25, -0.2) is 0 Å². The number of hydrogen-bond donors (Lipinski definition) is 0. The molecule has 2 aromatic rings. The Morgan fingerprint density at radius 2 is 1.67 bits per heavy atom. The first kappa shape index (κ1) is 11.6. The fourth-order valence-electron chi connectivity index (χ4n) is 2.76. The van der Waals surface area contributed by atoms with Crippen LogP contribution in [-0.2, 0) is 12.8 Å². The molecule has 0 nitrogen and oxygen atoms in total. The van der Waals surface area contributed by atoms with Gasteiger partial charge in [0.1, 0.15) is 0 Å². The highest BCUT2D eigenvalue weighted by Gasteiger charge is 2.16. The second-order valence-corrected chi connectivity index (χ2v) is 5.10. The van der Waals surface area contributed by atoms with E-state index < -0.39 is 0 Å². The average molecular weight is 255 g/mol. The van der Waals surface area contributed by atoms with Crippen molar-refractivity contribution in [2.75, 3.05) is 0 Å². The first-order valence-corrected chi connectivity index (χ1v) is 6.71. The first-order chi connectivity index (χ1) is 8.79. The van der Waals surface area contributed by atoms with Crippen molar-refractivity contribution >= 4 is 17.2 Å². The van der Waals surface area contributed by atoms with Crippen LogP contribution in [0.3, 0.4) is 0 Å². The van der Waals surface area contributed by atoms with Crippen LogP contribution in [0.5, 0.6) is 0 Å². The minimum absolute atomic E-state index is 0.829. The highest BCUT2D eigenvalue weighted by molar-refractivity contribution is 6.30. The number of fused-ring (bicyclic) bond motifs is 2. The quantitative estimate of drug-likeness (QED) is 0.628. The van der Waals surface area contributed by atoms with Crippen LogP contribution < -0.4 is 0 Å². The van der Waals surface area contributed by atoms with Gasteiger partial charge >= 0.3 is 0 Å². The van der Waals surface area contributed by atoms with E-state index in [1.807, 2.05) is 6.07 Å². The molecule has 1 heteroatoms. The van der Waals surface area contributed by atoms with Gasteiger partial charge < -0.3 is 0 Å². The summed E-state index contributed by atoms with van der Waals surface area (Å²) in [5.41, 5.74) is 6.80. The van der Waals surface area contributed by atoms with Crippen LogP contribution in [0.15, 0.2) is 48.5 Å². The summed E-state index contributed by atoms with van der Waals surface area (Å²) >= 11 is 6.11. The summed E-state index contributed by atoms with van der Waals surface area (Å²) in [6.45, 7) is 2.11. The monoisotopic (exact) mass is 254 g/mol. The molecule has 0 fully saturated rings. The lowest BCUT2D eigenvalue weighted by atomic mass is 9.94. The van der Waals surface area contributed by atoms with Crippen LogP contribution in [0, 0.1) is 0 Å². The lowest BCUT2D eigenvalue weighted by molar-refractivity contribution is 0.965. The van der Waals surface area contributed by atoms with E-state index in [0.717, 1.165) is 17.9 Å². The lowest BCUT2D eigenvalue weighted by Gasteiger charge is -2.11. The molecule has 90 valence electrons. The summed E-state index contributed by atoms with van der Waals surface area (Å²) in [7, 11) is 0. The van der Waals surface area contributed by atoms with E-state index in [-0.39, 0.29) is 0 Å². The topological polar surface area (TPSA) is 0 Å². The van der Waals surface area contributed by atoms with Gasteiger partial charge in [-0.2, -0.15) is 0 Å². The molecule has 3 rings (SSSR count). The molecule has 1 aliphatic carbocycles. The molecule has 0 N–H and O–H groups in total. The Kier molecular flexibility index (Phi) is 2.97. The SMILES string of the molecule is C/C=C1/c2ccccc2CCc2cc(Cl)ccc21. The van der Waals surface area contributed by atoms with Gasteiger partial charge in [-0.3, -0.25) is 0 Å². The van der Waals surface area contributed by atoms with Crippen molar-refractivity contribution < 1.29 is 0 Å². The maximum atomic E-state index is 6.11. The molecule has 18 heavy (non-hydrogen) atoms. The third-order valence-corrected chi connectivity index (χ3v) is 3.85. The van der Waals surface area contributed by atoms with E-state index >= 15 is 0 Å². The summed E-state index contributed by atoms with van der Waals surface area (Å²) in [6, 6.07) is 14.9. The third kappa shape index (κ3) is 1.87. The zero-order valence-corrected chi connectivity index (χ0v) is 11.2. The van der Waals surface area contributed by atoms with E-state index in [2.05, 4.69) is 49.4 Å². The highest BCUT2D eigenvalue weighted by Crippen LogP contribution is 2.34. The number of hydrogen-bond acceptors (Lipinski definition) is 0. The Balaban J connectivity index is 2.25. The standard InChI is InChI=1S/C17H15Cl/c1-2-15-16-6-4-3-5-12(16)7-8-13-11-14(18)9-10-17(13)15/h2-6,9-11H,7-8H2,1H3/b15-2-. The largest absolute Gasteiger partial charge is 0.0843 e. The van der Waals surface area contributed by atoms with Crippen molar-refractivity contribution in [3.8, 4) is 0 Å². The second-order valence-electron chi connectivity index (χ2n) is 4.66. The predicted molar refractivity (Wildman–Crippen MR) is 78.1 cm³/mol. The van der Waals surface area contributed by atoms with E-state index in [1.165, 1.54) is 27.8 Å². The van der Waals surface area contributed by atoms with Gasteiger partial charge in [0.05, 0.1) is 0 Å².